The van der Waals surface area contributed by atoms with Gasteiger partial charge in [-0.25, -0.2) is 0 Å². The third-order valence-corrected chi connectivity index (χ3v) is 3.71. The van der Waals surface area contributed by atoms with Gasteiger partial charge in [-0.3, -0.25) is 0 Å². The topological polar surface area (TPSA) is 18.5 Å². The minimum atomic E-state index is 0.469. The molecule has 114 valence electrons. The molecule has 0 fully saturated rings. The highest BCUT2D eigenvalue weighted by molar-refractivity contribution is 6.17. The first kappa shape index (κ1) is 17.2. The van der Waals surface area contributed by atoms with Crippen molar-refractivity contribution < 1.29 is 9.47 Å². The molecule has 0 bridgehead atoms. The molecule has 0 amide bonds. The van der Waals surface area contributed by atoms with Crippen LogP contribution in [0.4, 0.5) is 0 Å². The third-order valence-electron chi connectivity index (χ3n) is 3.42. The Hall–Kier alpha value is -0.890. The van der Waals surface area contributed by atoms with Gasteiger partial charge >= 0.3 is 0 Å². The fourth-order valence-corrected chi connectivity index (χ4v) is 2.37. The summed E-state index contributed by atoms with van der Waals surface area (Å²) < 4.78 is 11.0. The van der Waals surface area contributed by atoms with Crippen molar-refractivity contribution in [2.24, 2.45) is 0 Å². The predicted molar refractivity (Wildman–Crippen MR) is 86.0 cm³/mol. The van der Waals surface area contributed by atoms with Crippen molar-refractivity contribution >= 4 is 11.6 Å². The zero-order valence-corrected chi connectivity index (χ0v) is 13.5. The molecule has 1 rings (SSSR count). The van der Waals surface area contributed by atoms with Crippen molar-refractivity contribution in [3.8, 4) is 11.5 Å². The van der Waals surface area contributed by atoms with Crippen LogP contribution < -0.4 is 9.47 Å². The molecule has 3 heteroatoms. The SMILES string of the molecule is CCCCCCCCCOc1cc(OC)ccc1CCl. The number of benzene rings is 1. The zero-order chi connectivity index (χ0) is 14.6. The van der Waals surface area contributed by atoms with Gasteiger partial charge in [-0.05, 0) is 12.5 Å². The molecule has 20 heavy (non-hydrogen) atoms. The Morgan fingerprint density at radius 2 is 1.70 bits per heavy atom. The Balaban J connectivity index is 2.24. The molecule has 0 radical (unpaired) electrons. The highest BCUT2D eigenvalue weighted by Gasteiger charge is 2.04. The van der Waals surface area contributed by atoms with Crippen molar-refractivity contribution in [2.75, 3.05) is 13.7 Å². The van der Waals surface area contributed by atoms with E-state index in [4.69, 9.17) is 21.1 Å². The minimum absolute atomic E-state index is 0.469. The fraction of sp³-hybridized carbons (Fsp3) is 0.647. The van der Waals surface area contributed by atoms with E-state index in [9.17, 15) is 0 Å². The van der Waals surface area contributed by atoms with Gasteiger partial charge in [-0.15, -0.1) is 11.6 Å². The normalized spacial score (nSPS) is 10.6. The molecule has 0 N–H and O–H groups in total. The molecule has 0 saturated heterocycles. The Morgan fingerprint density at radius 3 is 2.35 bits per heavy atom. The molecule has 0 spiro atoms. The van der Waals surface area contributed by atoms with Crippen molar-refractivity contribution in [2.45, 2.75) is 57.7 Å². The number of rotatable bonds is 11. The van der Waals surface area contributed by atoms with Crippen LogP contribution in [0.25, 0.3) is 0 Å². The lowest BCUT2D eigenvalue weighted by atomic mass is 10.1. The number of alkyl halides is 1. The zero-order valence-electron chi connectivity index (χ0n) is 12.8. The van der Waals surface area contributed by atoms with Crippen LogP contribution in [0.2, 0.25) is 0 Å². The van der Waals surface area contributed by atoms with Crippen LogP contribution in [0, 0.1) is 0 Å². The summed E-state index contributed by atoms with van der Waals surface area (Å²) in [6, 6.07) is 5.79. The summed E-state index contributed by atoms with van der Waals surface area (Å²) in [6.45, 7) is 3.00. The molecule has 0 aromatic heterocycles. The predicted octanol–water partition coefficient (Wildman–Crippen LogP) is 5.56. The molecule has 0 aliphatic heterocycles. The Kier molecular flexibility index (Phi) is 9.31. The summed E-state index contributed by atoms with van der Waals surface area (Å²) in [5.41, 5.74) is 1.02. The smallest absolute Gasteiger partial charge is 0.127 e. The number of unbranched alkanes of at least 4 members (excludes halogenated alkanes) is 6. The summed E-state index contributed by atoms with van der Waals surface area (Å²) in [6.07, 6.45) is 9.03. The van der Waals surface area contributed by atoms with Crippen molar-refractivity contribution in [3.63, 3.8) is 0 Å². The average Bonchev–Trinajstić information content (AvgIpc) is 2.49. The van der Waals surface area contributed by atoms with Crippen LogP contribution in [-0.4, -0.2) is 13.7 Å². The van der Waals surface area contributed by atoms with Crippen LogP contribution >= 0.6 is 11.6 Å². The number of hydrogen-bond acceptors (Lipinski definition) is 2. The monoisotopic (exact) mass is 298 g/mol. The van der Waals surface area contributed by atoms with Gasteiger partial charge in [0.05, 0.1) is 19.6 Å². The lowest BCUT2D eigenvalue weighted by molar-refractivity contribution is 0.300. The highest BCUT2D eigenvalue weighted by atomic mass is 35.5. The molecule has 1 aromatic rings. The molecular weight excluding hydrogens is 272 g/mol. The van der Waals surface area contributed by atoms with E-state index >= 15 is 0 Å². The molecular formula is C17H27ClO2. The lowest BCUT2D eigenvalue weighted by Gasteiger charge is -2.11. The van der Waals surface area contributed by atoms with Gasteiger partial charge in [-0.2, -0.15) is 0 Å². The molecule has 0 saturated carbocycles. The van der Waals surface area contributed by atoms with Crippen molar-refractivity contribution in [1.29, 1.82) is 0 Å². The van der Waals surface area contributed by atoms with Gasteiger partial charge in [0.15, 0.2) is 0 Å². The van der Waals surface area contributed by atoms with E-state index in [0.717, 1.165) is 30.1 Å². The molecule has 1 aromatic carbocycles. The maximum Gasteiger partial charge on any atom is 0.127 e. The van der Waals surface area contributed by atoms with E-state index in [1.807, 2.05) is 18.2 Å². The van der Waals surface area contributed by atoms with Crippen LogP contribution in [0.15, 0.2) is 18.2 Å². The first-order valence-electron chi connectivity index (χ1n) is 7.67. The number of halogens is 1. The Morgan fingerprint density at radius 1 is 1.00 bits per heavy atom. The number of ether oxygens (including phenoxy) is 2. The van der Waals surface area contributed by atoms with Crippen molar-refractivity contribution in [3.05, 3.63) is 23.8 Å². The van der Waals surface area contributed by atoms with Gasteiger partial charge in [-0.1, -0.05) is 51.5 Å². The number of methoxy groups -OCH3 is 1. The van der Waals surface area contributed by atoms with Gasteiger partial charge in [0.1, 0.15) is 11.5 Å². The van der Waals surface area contributed by atoms with E-state index < -0.39 is 0 Å². The van der Waals surface area contributed by atoms with Crippen LogP contribution in [0.5, 0.6) is 11.5 Å². The second-order valence-corrected chi connectivity index (χ2v) is 5.34. The van der Waals surface area contributed by atoms with Gasteiger partial charge < -0.3 is 9.47 Å². The summed E-state index contributed by atoms with van der Waals surface area (Å²) in [7, 11) is 1.66. The first-order chi connectivity index (χ1) is 9.81. The minimum Gasteiger partial charge on any atom is -0.497 e. The van der Waals surface area contributed by atoms with E-state index in [2.05, 4.69) is 6.92 Å². The maximum absolute atomic E-state index is 5.92. The van der Waals surface area contributed by atoms with Crippen LogP contribution in [0.1, 0.15) is 57.4 Å². The Labute approximate surface area is 128 Å². The van der Waals surface area contributed by atoms with Crippen molar-refractivity contribution in [1.82, 2.24) is 0 Å². The fourth-order valence-electron chi connectivity index (χ4n) is 2.15. The van der Waals surface area contributed by atoms with Crippen LogP contribution in [-0.2, 0) is 5.88 Å². The second-order valence-electron chi connectivity index (χ2n) is 5.08. The molecule has 0 unspecified atom stereocenters. The second kappa shape index (κ2) is 10.8. The van der Waals surface area contributed by atoms with Gasteiger partial charge in [0, 0.05) is 11.6 Å². The standard InChI is InChI=1S/C17H27ClO2/c1-3-4-5-6-7-8-9-12-20-17-13-16(19-2)11-10-15(17)14-18/h10-11,13H,3-9,12,14H2,1-2H3. The largest absolute Gasteiger partial charge is 0.497 e. The lowest BCUT2D eigenvalue weighted by Crippen LogP contribution is -2.00. The number of hydrogen-bond donors (Lipinski definition) is 0. The van der Waals surface area contributed by atoms with E-state index in [0.29, 0.717) is 5.88 Å². The van der Waals surface area contributed by atoms with Crippen LogP contribution in [0.3, 0.4) is 0 Å². The molecule has 0 aliphatic carbocycles. The quantitative estimate of drug-likeness (QED) is 0.393. The summed E-state index contributed by atoms with van der Waals surface area (Å²) in [5, 5.41) is 0. The maximum atomic E-state index is 5.92. The molecule has 0 aliphatic rings. The molecule has 2 nitrogen and oxygen atoms in total. The van der Waals surface area contributed by atoms with E-state index in [1.165, 1.54) is 38.5 Å². The molecule has 0 heterocycles. The van der Waals surface area contributed by atoms with Gasteiger partial charge in [0.25, 0.3) is 0 Å². The molecule has 0 atom stereocenters. The highest BCUT2D eigenvalue weighted by Crippen LogP contribution is 2.26. The summed E-state index contributed by atoms with van der Waals surface area (Å²) >= 11 is 5.92. The van der Waals surface area contributed by atoms with E-state index in [1.54, 1.807) is 7.11 Å². The third kappa shape index (κ3) is 6.51. The Bertz CT molecular complexity index is 366. The summed E-state index contributed by atoms with van der Waals surface area (Å²) in [5.74, 6) is 2.13. The van der Waals surface area contributed by atoms with E-state index in [-0.39, 0.29) is 0 Å². The average molecular weight is 299 g/mol. The summed E-state index contributed by atoms with van der Waals surface area (Å²) in [4.78, 5) is 0. The first-order valence-corrected chi connectivity index (χ1v) is 8.21. The van der Waals surface area contributed by atoms with Gasteiger partial charge in [0.2, 0.25) is 0 Å².